The molecular formula is C11H23N3O2. The summed E-state index contributed by atoms with van der Waals surface area (Å²) in [6.45, 7) is 5.85. The van der Waals surface area contributed by atoms with E-state index in [1.165, 1.54) is 0 Å². The van der Waals surface area contributed by atoms with E-state index in [-0.39, 0.29) is 17.4 Å². The third-order valence-corrected chi connectivity index (χ3v) is 3.17. The molecule has 5 heteroatoms. The molecule has 16 heavy (non-hydrogen) atoms. The molecule has 0 bridgehead atoms. The molecule has 1 rings (SSSR count). The van der Waals surface area contributed by atoms with Crippen LogP contribution >= 0.6 is 0 Å². The number of amidine groups is 1. The first-order chi connectivity index (χ1) is 7.43. The molecule has 0 aliphatic heterocycles. The van der Waals surface area contributed by atoms with Crippen molar-refractivity contribution in [3.8, 4) is 0 Å². The number of nitrogens with zero attached hydrogens (tertiary/aromatic N) is 1. The van der Waals surface area contributed by atoms with Crippen LogP contribution in [-0.2, 0) is 0 Å². The third-order valence-electron chi connectivity index (χ3n) is 3.17. The average Bonchev–Trinajstić information content (AvgIpc) is 2.98. The Bertz CT molecular complexity index is 260. The molecule has 0 heterocycles. The topological polar surface area (TPSA) is 90.9 Å². The molecular weight excluding hydrogens is 206 g/mol. The van der Waals surface area contributed by atoms with Crippen molar-refractivity contribution in [2.24, 2.45) is 21.7 Å². The summed E-state index contributed by atoms with van der Waals surface area (Å²) in [4.78, 5) is 0. The molecule has 94 valence electrons. The molecule has 0 saturated heterocycles. The summed E-state index contributed by atoms with van der Waals surface area (Å²) in [6, 6.07) is 0. The van der Waals surface area contributed by atoms with Gasteiger partial charge >= 0.3 is 0 Å². The van der Waals surface area contributed by atoms with Crippen LogP contribution in [0.2, 0.25) is 0 Å². The van der Waals surface area contributed by atoms with Crippen molar-refractivity contribution >= 4 is 5.84 Å². The average molecular weight is 229 g/mol. The van der Waals surface area contributed by atoms with Crippen molar-refractivity contribution in [2.75, 3.05) is 19.7 Å². The fourth-order valence-electron chi connectivity index (χ4n) is 1.73. The van der Waals surface area contributed by atoms with Gasteiger partial charge in [-0.25, -0.2) is 0 Å². The Kier molecular flexibility index (Phi) is 4.15. The standard InChI is InChI=1S/C11H23N3O2/c1-10(2,8-15)6-13-7-11(3-4-11)5-9(12)14-16/h13,15-16H,3-8H2,1-2H3,(H2,12,14). The van der Waals surface area contributed by atoms with E-state index < -0.39 is 0 Å². The minimum Gasteiger partial charge on any atom is -0.409 e. The molecule has 0 unspecified atom stereocenters. The Morgan fingerprint density at radius 3 is 2.56 bits per heavy atom. The highest BCUT2D eigenvalue weighted by Gasteiger charge is 2.43. The Balaban J connectivity index is 2.27. The van der Waals surface area contributed by atoms with Crippen molar-refractivity contribution in [2.45, 2.75) is 33.1 Å². The lowest BCUT2D eigenvalue weighted by molar-refractivity contribution is 0.155. The smallest absolute Gasteiger partial charge is 0.139 e. The van der Waals surface area contributed by atoms with Crippen LogP contribution in [0.4, 0.5) is 0 Å². The molecule has 0 aromatic heterocycles. The van der Waals surface area contributed by atoms with Gasteiger partial charge < -0.3 is 21.4 Å². The van der Waals surface area contributed by atoms with E-state index in [0.29, 0.717) is 12.3 Å². The molecule has 1 aliphatic carbocycles. The highest BCUT2D eigenvalue weighted by Crippen LogP contribution is 2.48. The van der Waals surface area contributed by atoms with Crippen LogP contribution in [-0.4, -0.2) is 35.8 Å². The zero-order valence-corrected chi connectivity index (χ0v) is 10.2. The zero-order chi connectivity index (χ0) is 12.2. The molecule has 0 atom stereocenters. The zero-order valence-electron chi connectivity index (χ0n) is 10.2. The van der Waals surface area contributed by atoms with E-state index in [9.17, 15) is 0 Å². The summed E-state index contributed by atoms with van der Waals surface area (Å²) in [5, 5.41) is 24.0. The highest BCUT2D eigenvalue weighted by atomic mass is 16.4. The molecule has 1 aliphatic rings. The monoisotopic (exact) mass is 229 g/mol. The van der Waals surface area contributed by atoms with Gasteiger partial charge in [-0.2, -0.15) is 0 Å². The van der Waals surface area contributed by atoms with Gasteiger partial charge in [0.2, 0.25) is 0 Å². The summed E-state index contributed by atoms with van der Waals surface area (Å²) in [6.07, 6.45) is 2.89. The van der Waals surface area contributed by atoms with Gasteiger partial charge in [-0.1, -0.05) is 19.0 Å². The summed E-state index contributed by atoms with van der Waals surface area (Å²) in [5.41, 5.74) is 5.61. The van der Waals surface area contributed by atoms with Crippen LogP contribution in [0, 0.1) is 10.8 Å². The molecule has 0 aromatic carbocycles. The molecule has 0 radical (unpaired) electrons. The summed E-state index contributed by atoms with van der Waals surface area (Å²) in [7, 11) is 0. The maximum absolute atomic E-state index is 9.11. The number of rotatable bonds is 7. The molecule has 0 aromatic rings. The normalized spacial score (nSPS) is 19.8. The van der Waals surface area contributed by atoms with Crippen LogP contribution in [0.1, 0.15) is 33.1 Å². The van der Waals surface area contributed by atoms with E-state index in [2.05, 4.69) is 10.5 Å². The first kappa shape index (κ1) is 13.3. The quantitative estimate of drug-likeness (QED) is 0.221. The van der Waals surface area contributed by atoms with Crippen molar-refractivity contribution in [3.63, 3.8) is 0 Å². The first-order valence-corrected chi connectivity index (χ1v) is 5.71. The molecule has 1 fully saturated rings. The van der Waals surface area contributed by atoms with Gasteiger partial charge in [0, 0.05) is 31.5 Å². The minimum absolute atomic E-state index is 0.0906. The van der Waals surface area contributed by atoms with Crippen LogP contribution in [0.15, 0.2) is 5.16 Å². The van der Waals surface area contributed by atoms with Crippen molar-refractivity contribution in [1.82, 2.24) is 5.32 Å². The van der Waals surface area contributed by atoms with Crippen LogP contribution in [0.3, 0.4) is 0 Å². The number of oxime groups is 1. The van der Waals surface area contributed by atoms with E-state index in [1.54, 1.807) is 0 Å². The van der Waals surface area contributed by atoms with E-state index in [0.717, 1.165) is 25.9 Å². The highest BCUT2D eigenvalue weighted by molar-refractivity contribution is 5.80. The van der Waals surface area contributed by atoms with Crippen LogP contribution < -0.4 is 11.1 Å². The van der Waals surface area contributed by atoms with Crippen LogP contribution in [0.25, 0.3) is 0 Å². The predicted molar refractivity (Wildman–Crippen MR) is 63.4 cm³/mol. The Morgan fingerprint density at radius 1 is 1.50 bits per heavy atom. The lowest BCUT2D eigenvalue weighted by Crippen LogP contribution is -2.36. The number of nitrogens with one attached hydrogen (secondary N) is 1. The fourth-order valence-corrected chi connectivity index (χ4v) is 1.73. The maximum Gasteiger partial charge on any atom is 0.139 e. The number of hydrogen-bond acceptors (Lipinski definition) is 4. The number of aliphatic hydroxyl groups is 1. The van der Waals surface area contributed by atoms with E-state index in [1.807, 2.05) is 13.8 Å². The Hall–Kier alpha value is -0.810. The molecule has 0 spiro atoms. The largest absolute Gasteiger partial charge is 0.409 e. The predicted octanol–water partition coefficient (Wildman–Crippen LogP) is 0.511. The van der Waals surface area contributed by atoms with Gasteiger partial charge in [-0.3, -0.25) is 0 Å². The SMILES string of the molecule is CC(C)(CO)CNCC1(CC(N)=NO)CC1. The lowest BCUT2D eigenvalue weighted by atomic mass is 9.94. The molecule has 0 amide bonds. The summed E-state index contributed by atoms with van der Waals surface area (Å²) < 4.78 is 0. The molecule has 1 saturated carbocycles. The van der Waals surface area contributed by atoms with Crippen molar-refractivity contribution < 1.29 is 10.3 Å². The van der Waals surface area contributed by atoms with Gasteiger partial charge in [-0.15, -0.1) is 0 Å². The van der Waals surface area contributed by atoms with Crippen LogP contribution in [0.5, 0.6) is 0 Å². The van der Waals surface area contributed by atoms with Gasteiger partial charge in [0.25, 0.3) is 0 Å². The Labute approximate surface area is 96.7 Å². The van der Waals surface area contributed by atoms with E-state index in [4.69, 9.17) is 16.0 Å². The van der Waals surface area contributed by atoms with Gasteiger partial charge in [0.1, 0.15) is 5.84 Å². The number of hydrogen-bond donors (Lipinski definition) is 4. The second kappa shape index (κ2) is 5.01. The summed E-state index contributed by atoms with van der Waals surface area (Å²) >= 11 is 0. The van der Waals surface area contributed by atoms with Crippen molar-refractivity contribution in [3.05, 3.63) is 0 Å². The van der Waals surface area contributed by atoms with Crippen molar-refractivity contribution in [1.29, 1.82) is 0 Å². The first-order valence-electron chi connectivity index (χ1n) is 5.71. The maximum atomic E-state index is 9.11. The third kappa shape index (κ3) is 3.98. The lowest BCUT2D eigenvalue weighted by Gasteiger charge is -2.24. The fraction of sp³-hybridized carbons (Fsp3) is 0.909. The second-order valence-electron chi connectivity index (χ2n) is 5.69. The minimum atomic E-state index is -0.0906. The van der Waals surface area contributed by atoms with E-state index >= 15 is 0 Å². The van der Waals surface area contributed by atoms with Gasteiger partial charge in [0.15, 0.2) is 0 Å². The van der Waals surface area contributed by atoms with Gasteiger partial charge in [-0.05, 0) is 18.3 Å². The second-order valence-corrected chi connectivity index (χ2v) is 5.69. The number of nitrogens with two attached hydrogens (primary N) is 1. The summed E-state index contributed by atoms with van der Waals surface area (Å²) in [5.74, 6) is 0.306. The van der Waals surface area contributed by atoms with Gasteiger partial charge in [0.05, 0.1) is 0 Å². The molecule has 5 nitrogen and oxygen atoms in total. The molecule has 5 N–H and O–H groups in total. The number of aliphatic hydroxyl groups excluding tert-OH is 1. The Morgan fingerprint density at radius 2 is 2.12 bits per heavy atom.